The van der Waals surface area contributed by atoms with Gasteiger partial charge in [0.15, 0.2) is 5.60 Å². The van der Waals surface area contributed by atoms with Crippen molar-refractivity contribution in [3.8, 4) is 17.0 Å². The number of aliphatic hydroxyl groups excluding tert-OH is 1. The molecule has 1 aliphatic heterocycles. The summed E-state index contributed by atoms with van der Waals surface area (Å²) in [5.41, 5.74) is 0.894. The van der Waals surface area contributed by atoms with E-state index in [0.29, 0.717) is 29.8 Å². The number of hydrogen-bond donors (Lipinski definition) is 2. The van der Waals surface area contributed by atoms with Crippen LogP contribution in [0.1, 0.15) is 18.4 Å². The Morgan fingerprint density at radius 2 is 1.95 bits per heavy atom. The maximum absolute atomic E-state index is 11.0. The smallest absolute Gasteiger partial charge is 0.158 e. The normalized spacial score (nSPS) is 30.7. The number of ether oxygens (including phenoxy) is 1. The molecular weight excluding hydrogens is 254 g/mol. The summed E-state index contributed by atoms with van der Waals surface area (Å²) >= 11 is 0. The van der Waals surface area contributed by atoms with Crippen molar-refractivity contribution in [2.45, 2.75) is 30.7 Å². The van der Waals surface area contributed by atoms with Gasteiger partial charge in [-0.3, -0.25) is 4.98 Å². The zero-order chi connectivity index (χ0) is 13.7. The van der Waals surface area contributed by atoms with Crippen molar-refractivity contribution in [2.24, 2.45) is 0 Å². The van der Waals surface area contributed by atoms with Crippen LogP contribution < -0.4 is 4.74 Å². The SMILES string of the molecule is OC1CCC2Oc3ccnc(-c4ccccc4)c3C12O. The second kappa shape index (κ2) is 4.04. The molecule has 102 valence electrons. The highest BCUT2D eigenvalue weighted by atomic mass is 16.5. The summed E-state index contributed by atoms with van der Waals surface area (Å²) in [7, 11) is 0. The van der Waals surface area contributed by atoms with E-state index < -0.39 is 11.7 Å². The third-order valence-corrected chi connectivity index (χ3v) is 4.33. The molecule has 1 aromatic heterocycles. The van der Waals surface area contributed by atoms with E-state index in [4.69, 9.17) is 4.74 Å². The molecule has 3 atom stereocenters. The van der Waals surface area contributed by atoms with E-state index in [2.05, 4.69) is 4.98 Å². The Bertz CT molecular complexity index is 658. The average Bonchev–Trinajstić information content (AvgIpc) is 2.93. The van der Waals surface area contributed by atoms with Gasteiger partial charge < -0.3 is 14.9 Å². The van der Waals surface area contributed by atoms with Gasteiger partial charge in [-0.05, 0) is 18.9 Å². The molecule has 2 aliphatic rings. The van der Waals surface area contributed by atoms with Crippen LogP contribution in [-0.4, -0.2) is 27.4 Å². The minimum atomic E-state index is -1.34. The molecule has 1 aromatic carbocycles. The van der Waals surface area contributed by atoms with Gasteiger partial charge in [0.25, 0.3) is 0 Å². The Morgan fingerprint density at radius 1 is 1.15 bits per heavy atom. The predicted molar refractivity (Wildman–Crippen MR) is 73.2 cm³/mol. The molecular formula is C16H15NO3. The van der Waals surface area contributed by atoms with Crippen LogP contribution in [-0.2, 0) is 5.60 Å². The Labute approximate surface area is 116 Å². The molecule has 1 fully saturated rings. The third-order valence-electron chi connectivity index (χ3n) is 4.33. The molecule has 0 amide bonds. The van der Waals surface area contributed by atoms with E-state index in [-0.39, 0.29) is 6.10 Å². The molecule has 1 saturated carbocycles. The van der Waals surface area contributed by atoms with Crippen LogP contribution in [0.25, 0.3) is 11.3 Å². The van der Waals surface area contributed by atoms with Gasteiger partial charge >= 0.3 is 0 Å². The maximum atomic E-state index is 11.0. The quantitative estimate of drug-likeness (QED) is 0.829. The van der Waals surface area contributed by atoms with Crippen molar-refractivity contribution in [2.75, 3.05) is 0 Å². The summed E-state index contributed by atoms with van der Waals surface area (Å²) in [5.74, 6) is 0.630. The zero-order valence-electron chi connectivity index (χ0n) is 10.9. The molecule has 2 heterocycles. The highest BCUT2D eigenvalue weighted by molar-refractivity contribution is 5.69. The van der Waals surface area contributed by atoms with E-state index >= 15 is 0 Å². The van der Waals surface area contributed by atoms with E-state index in [1.807, 2.05) is 30.3 Å². The van der Waals surface area contributed by atoms with E-state index in [0.717, 1.165) is 5.56 Å². The van der Waals surface area contributed by atoms with Crippen molar-refractivity contribution >= 4 is 0 Å². The van der Waals surface area contributed by atoms with Gasteiger partial charge in [0.2, 0.25) is 0 Å². The van der Waals surface area contributed by atoms with Gasteiger partial charge in [-0.2, -0.15) is 0 Å². The Balaban J connectivity index is 1.96. The molecule has 0 saturated heterocycles. The van der Waals surface area contributed by atoms with Crippen LogP contribution >= 0.6 is 0 Å². The van der Waals surface area contributed by atoms with Gasteiger partial charge in [0, 0.05) is 11.8 Å². The summed E-state index contributed by atoms with van der Waals surface area (Å²) in [6, 6.07) is 11.4. The molecule has 4 nitrogen and oxygen atoms in total. The lowest BCUT2D eigenvalue weighted by Crippen LogP contribution is -2.41. The van der Waals surface area contributed by atoms with Crippen LogP contribution in [0, 0.1) is 0 Å². The van der Waals surface area contributed by atoms with Crippen molar-refractivity contribution in [1.29, 1.82) is 0 Å². The first-order chi connectivity index (χ1) is 9.71. The number of hydrogen-bond acceptors (Lipinski definition) is 4. The number of aliphatic hydroxyl groups is 2. The van der Waals surface area contributed by atoms with Crippen molar-refractivity contribution in [1.82, 2.24) is 4.98 Å². The predicted octanol–water partition coefficient (Wildman–Crippen LogP) is 1.85. The summed E-state index contributed by atoms with van der Waals surface area (Å²) in [4.78, 5) is 4.41. The Hall–Kier alpha value is -1.91. The number of fused-ring (bicyclic) bond motifs is 3. The molecule has 20 heavy (non-hydrogen) atoms. The van der Waals surface area contributed by atoms with Crippen molar-refractivity contribution in [3.05, 3.63) is 48.2 Å². The molecule has 1 aliphatic carbocycles. The van der Waals surface area contributed by atoms with Crippen LogP contribution in [0.15, 0.2) is 42.6 Å². The van der Waals surface area contributed by atoms with Gasteiger partial charge in [-0.25, -0.2) is 0 Å². The van der Waals surface area contributed by atoms with Gasteiger partial charge in [0.05, 0.1) is 17.4 Å². The van der Waals surface area contributed by atoms with Crippen LogP contribution in [0.3, 0.4) is 0 Å². The molecule has 2 aromatic rings. The molecule has 4 rings (SSSR count). The fourth-order valence-electron chi connectivity index (χ4n) is 3.34. The van der Waals surface area contributed by atoms with Crippen LogP contribution in [0.2, 0.25) is 0 Å². The summed E-state index contributed by atoms with van der Waals surface area (Å²) in [5, 5.41) is 21.2. The van der Waals surface area contributed by atoms with Crippen LogP contribution in [0.4, 0.5) is 0 Å². The highest BCUT2D eigenvalue weighted by Crippen LogP contribution is 2.52. The lowest BCUT2D eigenvalue weighted by atomic mass is 9.87. The van der Waals surface area contributed by atoms with Gasteiger partial charge in [0.1, 0.15) is 11.9 Å². The minimum absolute atomic E-state index is 0.376. The first-order valence-electron chi connectivity index (χ1n) is 6.83. The van der Waals surface area contributed by atoms with Crippen LogP contribution in [0.5, 0.6) is 5.75 Å². The molecule has 4 heteroatoms. The highest BCUT2D eigenvalue weighted by Gasteiger charge is 2.58. The van der Waals surface area contributed by atoms with E-state index in [1.165, 1.54) is 0 Å². The van der Waals surface area contributed by atoms with E-state index in [1.54, 1.807) is 12.3 Å². The van der Waals surface area contributed by atoms with Gasteiger partial charge in [-0.15, -0.1) is 0 Å². The Kier molecular flexibility index (Phi) is 2.40. The van der Waals surface area contributed by atoms with Crippen molar-refractivity contribution in [3.63, 3.8) is 0 Å². The first kappa shape index (κ1) is 11.9. The number of pyridine rings is 1. The maximum Gasteiger partial charge on any atom is 0.158 e. The second-order valence-electron chi connectivity index (χ2n) is 5.42. The molecule has 0 radical (unpaired) electrons. The van der Waals surface area contributed by atoms with E-state index in [9.17, 15) is 10.2 Å². The fraction of sp³-hybridized carbons (Fsp3) is 0.312. The monoisotopic (exact) mass is 269 g/mol. The first-order valence-corrected chi connectivity index (χ1v) is 6.83. The van der Waals surface area contributed by atoms with Gasteiger partial charge in [-0.1, -0.05) is 30.3 Å². The van der Waals surface area contributed by atoms with Crippen molar-refractivity contribution < 1.29 is 14.9 Å². The number of benzene rings is 1. The third kappa shape index (κ3) is 1.40. The summed E-state index contributed by atoms with van der Waals surface area (Å²) in [6.07, 6.45) is 1.70. The zero-order valence-corrected chi connectivity index (χ0v) is 10.9. The standard InChI is InChI=1S/C16H15NO3/c18-12-6-7-13-16(12,19)14-11(20-13)8-9-17-15(14)10-4-2-1-3-5-10/h1-5,8-9,12-13,18-19H,6-7H2. The lowest BCUT2D eigenvalue weighted by molar-refractivity contribution is -0.0895. The number of aromatic nitrogens is 1. The lowest BCUT2D eigenvalue weighted by Gasteiger charge is -2.26. The second-order valence-corrected chi connectivity index (χ2v) is 5.42. The Morgan fingerprint density at radius 3 is 2.75 bits per heavy atom. The minimum Gasteiger partial charge on any atom is -0.486 e. The fourth-order valence-corrected chi connectivity index (χ4v) is 3.34. The molecule has 0 spiro atoms. The molecule has 3 unspecified atom stereocenters. The number of rotatable bonds is 1. The average molecular weight is 269 g/mol. The molecule has 2 N–H and O–H groups in total. The summed E-state index contributed by atoms with van der Waals surface area (Å²) in [6.45, 7) is 0. The topological polar surface area (TPSA) is 62.6 Å². The molecule has 0 bridgehead atoms. The number of nitrogens with zero attached hydrogens (tertiary/aromatic N) is 1. The largest absolute Gasteiger partial charge is 0.486 e. The summed E-state index contributed by atoms with van der Waals surface area (Å²) < 4.78 is 5.82.